The molecule has 1 fully saturated rings. The van der Waals surface area contributed by atoms with Gasteiger partial charge in [0.2, 0.25) is 0 Å². The molecule has 5 heteroatoms. The van der Waals surface area contributed by atoms with Crippen LogP contribution >= 0.6 is 0 Å². The van der Waals surface area contributed by atoms with Crippen molar-refractivity contribution in [1.29, 1.82) is 0 Å². The summed E-state index contributed by atoms with van der Waals surface area (Å²) in [6.07, 6.45) is -1.48. The highest BCUT2D eigenvalue weighted by molar-refractivity contribution is 4.93. The van der Waals surface area contributed by atoms with E-state index in [9.17, 15) is 18.3 Å². The van der Waals surface area contributed by atoms with Crippen molar-refractivity contribution in [3.05, 3.63) is 0 Å². The molecule has 0 heterocycles. The predicted molar refractivity (Wildman–Crippen MR) is 56.1 cm³/mol. The van der Waals surface area contributed by atoms with Crippen LogP contribution in [0.2, 0.25) is 0 Å². The monoisotopic (exact) mass is 239 g/mol. The summed E-state index contributed by atoms with van der Waals surface area (Å²) in [6.45, 7) is -0.139. The lowest BCUT2D eigenvalue weighted by Gasteiger charge is -2.41. The van der Waals surface area contributed by atoms with Crippen molar-refractivity contribution in [2.45, 2.75) is 43.9 Å². The third-order valence-electron chi connectivity index (χ3n) is 3.31. The largest absolute Gasteiger partial charge is 0.395 e. The fourth-order valence-corrected chi connectivity index (χ4v) is 2.46. The fraction of sp³-hybridized carbons (Fsp3) is 1.00. The van der Waals surface area contributed by atoms with E-state index in [0.717, 1.165) is 6.42 Å². The first kappa shape index (κ1) is 13.8. The molecule has 1 rings (SSSR count). The van der Waals surface area contributed by atoms with Crippen LogP contribution in [-0.2, 0) is 0 Å². The lowest BCUT2D eigenvalue weighted by atomic mass is 9.75. The molecule has 0 radical (unpaired) electrons. The maximum absolute atomic E-state index is 12.9. The maximum atomic E-state index is 12.9. The smallest absolute Gasteiger partial charge is 0.389 e. The van der Waals surface area contributed by atoms with Crippen molar-refractivity contribution in [1.82, 2.24) is 4.90 Å². The summed E-state index contributed by atoms with van der Waals surface area (Å²) >= 11 is 0. The van der Waals surface area contributed by atoms with Gasteiger partial charge < -0.3 is 10.0 Å². The van der Waals surface area contributed by atoms with E-state index < -0.39 is 17.7 Å². The van der Waals surface area contributed by atoms with Crippen molar-refractivity contribution in [3.63, 3.8) is 0 Å². The van der Waals surface area contributed by atoms with Gasteiger partial charge >= 0.3 is 6.18 Å². The minimum atomic E-state index is -4.32. The molecule has 0 aromatic rings. The summed E-state index contributed by atoms with van der Waals surface area (Å²) in [5.74, 6) is -1.63. The second kappa shape index (κ2) is 4.92. The molecule has 0 saturated heterocycles. The van der Waals surface area contributed by atoms with Crippen LogP contribution in [0.15, 0.2) is 0 Å². The Hall–Kier alpha value is -0.290. The highest BCUT2D eigenvalue weighted by Crippen LogP contribution is 2.42. The molecule has 0 aromatic carbocycles. The minimum Gasteiger partial charge on any atom is -0.389 e. The second-order valence-corrected chi connectivity index (χ2v) is 5.02. The normalized spacial score (nSPS) is 23.4. The number of hydrogen-bond donors (Lipinski definition) is 1. The summed E-state index contributed by atoms with van der Waals surface area (Å²) in [7, 11) is 3.20. The Morgan fingerprint density at radius 2 is 1.69 bits per heavy atom. The number of alkyl halides is 3. The van der Waals surface area contributed by atoms with E-state index in [2.05, 4.69) is 0 Å². The molecule has 1 aliphatic carbocycles. The number of rotatable bonds is 3. The maximum Gasteiger partial charge on any atom is 0.395 e. The summed E-state index contributed by atoms with van der Waals surface area (Å²) in [4.78, 5) is 1.49. The van der Waals surface area contributed by atoms with Crippen molar-refractivity contribution in [2.75, 3.05) is 20.6 Å². The van der Waals surface area contributed by atoms with Crippen LogP contribution in [0.5, 0.6) is 0 Å². The Balaban J connectivity index is 2.81. The first-order chi connectivity index (χ1) is 7.26. The minimum absolute atomic E-state index is 0.139. The van der Waals surface area contributed by atoms with Gasteiger partial charge in [0.25, 0.3) is 0 Å². The Morgan fingerprint density at radius 3 is 2.06 bits per heavy atom. The van der Waals surface area contributed by atoms with Gasteiger partial charge in [-0.1, -0.05) is 19.3 Å². The fourth-order valence-electron chi connectivity index (χ4n) is 2.46. The molecule has 0 amide bonds. The number of nitrogens with zero attached hydrogens (tertiary/aromatic N) is 1. The number of hydrogen-bond acceptors (Lipinski definition) is 2. The van der Waals surface area contributed by atoms with Gasteiger partial charge in [0, 0.05) is 6.54 Å². The van der Waals surface area contributed by atoms with Crippen molar-refractivity contribution >= 4 is 0 Å². The molecule has 1 saturated carbocycles. The van der Waals surface area contributed by atoms with Crippen LogP contribution in [-0.4, -0.2) is 42.4 Å². The van der Waals surface area contributed by atoms with Crippen molar-refractivity contribution in [2.24, 2.45) is 5.92 Å². The third kappa shape index (κ3) is 3.35. The lowest BCUT2D eigenvalue weighted by molar-refractivity contribution is -0.236. The highest BCUT2D eigenvalue weighted by atomic mass is 19.4. The molecule has 96 valence electrons. The van der Waals surface area contributed by atoms with E-state index in [1.54, 1.807) is 14.1 Å². The van der Waals surface area contributed by atoms with Gasteiger partial charge in [0.1, 0.15) is 0 Å². The average Bonchev–Trinajstić information content (AvgIpc) is 2.13. The van der Waals surface area contributed by atoms with Gasteiger partial charge in [-0.25, -0.2) is 0 Å². The summed E-state index contributed by atoms with van der Waals surface area (Å²) in [5.41, 5.74) is -1.55. The topological polar surface area (TPSA) is 23.5 Å². The Labute approximate surface area is 94.4 Å². The van der Waals surface area contributed by atoms with Crippen LogP contribution in [0, 0.1) is 5.92 Å². The molecule has 0 spiro atoms. The van der Waals surface area contributed by atoms with Crippen molar-refractivity contribution < 1.29 is 18.3 Å². The molecule has 16 heavy (non-hydrogen) atoms. The number of aliphatic hydroxyl groups is 1. The van der Waals surface area contributed by atoms with Crippen molar-refractivity contribution in [3.8, 4) is 0 Å². The van der Waals surface area contributed by atoms with Gasteiger partial charge in [-0.3, -0.25) is 0 Å². The molecule has 0 bridgehead atoms. The molecule has 1 unspecified atom stereocenters. The number of halogens is 3. The van der Waals surface area contributed by atoms with E-state index in [-0.39, 0.29) is 19.4 Å². The SMILES string of the molecule is CN(C)CC(C(F)(F)F)C1(O)CCCCC1. The van der Waals surface area contributed by atoms with Crippen LogP contribution in [0.3, 0.4) is 0 Å². The first-order valence-corrected chi connectivity index (χ1v) is 5.69. The standard InChI is InChI=1S/C11H20F3NO/c1-15(2)8-9(11(12,13)14)10(16)6-4-3-5-7-10/h9,16H,3-8H2,1-2H3. The Morgan fingerprint density at radius 1 is 1.19 bits per heavy atom. The van der Waals surface area contributed by atoms with Gasteiger partial charge in [-0.05, 0) is 26.9 Å². The molecule has 1 N–H and O–H groups in total. The van der Waals surface area contributed by atoms with Crippen LogP contribution in [0.1, 0.15) is 32.1 Å². The molecular formula is C11H20F3NO. The Bertz CT molecular complexity index is 222. The third-order valence-corrected chi connectivity index (χ3v) is 3.31. The van der Waals surface area contributed by atoms with E-state index in [1.807, 2.05) is 0 Å². The molecule has 0 aromatic heterocycles. The zero-order chi connectivity index (χ0) is 12.4. The van der Waals surface area contributed by atoms with Gasteiger partial charge in [-0.2, -0.15) is 13.2 Å². The van der Waals surface area contributed by atoms with Gasteiger partial charge in [-0.15, -0.1) is 0 Å². The summed E-state index contributed by atoms with van der Waals surface area (Å²) in [5, 5.41) is 10.2. The van der Waals surface area contributed by atoms with Gasteiger partial charge in [0.05, 0.1) is 11.5 Å². The van der Waals surface area contributed by atoms with E-state index in [1.165, 1.54) is 4.90 Å². The highest BCUT2D eigenvalue weighted by Gasteiger charge is 2.52. The van der Waals surface area contributed by atoms with E-state index >= 15 is 0 Å². The van der Waals surface area contributed by atoms with E-state index in [4.69, 9.17) is 0 Å². The molecule has 1 atom stereocenters. The Kier molecular flexibility index (Phi) is 4.23. The van der Waals surface area contributed by atoms with Gasteiger partial charge in [0.15, 0.2) is 0 Å². The first-order valence-electron chi connectivity index (χ1n) is 5.69. The summed E-state index contributed by atoms with van der Waals surface area (Å²) in [6, 6.07) is 0. The molecule has 0 aliphatic heterocycles. The zero-order valence-corrected chi connectivity index (χ0v) is 9.85. The predicted octanol–water partition coefficient (Wildman–Crippen LogP) is 2.42. The quantitative estimate of drug-likeness (QED) is 0.817. The van der Waals surface area contributed by atoms with E-state index in [0.29, 0.717) is 12.8 Å². The zero-order valence-electron chi connectivity index (χ0n) is 9.85. The van der Waals surface area contributed by atoms with Crippen LogP contribution in [0.25, 0.3) is 0 Å². The summed E-state index contributed by atoms with van der Waals surface area (Å²) < 4.78 is 38.8. The molecular weight excluding hydrogens is 219 g/mol. The molecule has 2 nitrogen and oxygen atoms in total. The molecule has 1 aliphatic rings. The van der Waals surface area contributed by atoms with Crippen LogP contribution in [0.4, 0.5) is 13.2 Å². The second-order valence-electron chi connectivity index (χ2n) is 5.02. The lowest BCUT2D eigenvalue weighted by Crippen LogP contribution is -2.51. The average molecular weight is 239 g/mol. The van der Waals surface area contributed by atoms with Crippen LogP contribution < -0.4 is 0 Å².